The number of methoxy groups -OCH3 is 4. The quantitative estimate of drug-likeness (QED) is 0.699. The summed E-state index contributed by atoms with van der Waals surface area (Å²) >= 11 is 0. The summed E-state index contributed by atoms with van der Waals surface area (Å²) in [7, 11) is 6.67. The third-order valence-electron chi connectivity index (χ3n) is 4.89. The van der Waals surface area contributed by atoms with E-state index < -0.39 is 0 Å². The van der Waals surface area contributed by atoms with Gasteiger partial charge in [-0.3, -0.25) is 0 Å². The molecule has 0 atom stereocenters. The summed E-state index contributed by atoms with van der Waals surface area (Å²) in [5.41, 5.74) is 2.47. The SMILES string of the molecule is COc1ccc(C(CC2CC2)c2ccc(OC)c(OC)c2)cc1OC. The molecule has 2 aromatic carbocycles. The summed E-state index contributed by atoms with van der Waals surface area (Å²) in [6.45, 7) is 0. The van der Waals surface area contributed by atoms with Crippen molar-refractivity contribution in [2.75, 3.05) is 28.4 Å². The van der Waals surface area contributed by atoms with Crippen molar-refractivity contribution in [1.82, 2.24) is 0 Å². The lowest BCUT2D eigenvalue weighted by Gasteiger charge is -2.21. The van der Waals surface area contributed by atoms with E-state index in [9.17, 15) is 0 Å². The Bertz CT molecular complexity index is 666. The average Bonchev–Trinajstić information content (AvgIpc) is 3.49. The van der Waals surface area contributed by atoms with Crippen molar-refractivity contribution in [3.8, 4) is 23.0 Å². The minimum absolute atomic E-state index is 0.298. The molecule has 0 spiro atoms. The van der Waals surface area contributed by atoms with Crippen LogP contribution in [0.25, 0.3) is 0 Å². The smallest absolute Gasteiger partial charge is 0.161 e. The molecule has 0 bridgehead atoms. The standard InChI is InChI=1S/C21H26O4/c1-22-18-9-7-15(12-20(18)24-3)17(11-14-5-6-14)16-8-10-19(23-2)21(13-16)25-4/h7-10,12-14,17H,5-6,11H2,1-4H3. The van der Waals surface area contributed by atoms with Crippen LogP contribution in [-0.2, 0) is 0 Å². The number of ether oxygens (including phenoxy) is 4. The van der Waals surface area contributed by atoms with Crippen molar-refractivity contribution >= 4 is 0 Å². The fraction of sp³-hybridized carbons (Fsp3) is 0.429. The highest BCUT2D eigenvalue weighted by Crippen LogP contribution is 2.44. The lowest BCUT2D eigenvalue weighted by molar-refractivity contribution is 0.353. The Kier molecular flexibility index (Phi) is 5.37. The maximum absolute atomic E-state index is 5.50. The number of hydrogen-bond donors (Lipinski definition) is 0. The third kappa shape index (κ3) is 3.84. The number of benzene rings is 2. The van der Waals surface area contributed by atoms with Crippen molar-refractivity contribution in [2.24, 2.45) is 5.92 Å². The molecule has 4 nitrogen and oxygen atoms in total. The van der Waals surface area contributed by atoms with Crippen LogP contribution in [0.15, 0.2) is 36.4 Å². The lowest BCUT2D eigenvalue weighted by atomic mass is 9.86. The highest BCUT2D eigenvalue weighted by molar-refractivity contribution is 5.49. The van der Waals surface area contributed by atoms with Crippen LogP contribution in [0, 0.1) is 5.92 Å². The Hall–Kier alpha value is -2.36. The van der Waals surface area contributed by atoms with Crippen LogP contribution < -0.4 is 18.9 Å². The van der Waals surface area contributed by atoms with E-state index >= 15 is 0 Å². The lowest BCUT2D eigenvalue weighted by Crippen LogP contribution is -2.04. The minimum Gasteiger partial charge on any atom is -0.493 e. The fourth-order valence-corrected chi connectivity index (χ4v) is 3.29. The van der Waals surface area contributed by atoms with Crippen LogP contribution in [0.4, 0.5) is 0 Å². The Labute approximate surface area is 149 Å². The van der Waals surface area contributed by atoms with Gasteiger partial charge in [-0.1, -0.05) is 25.0 Å². The molecular weight excluding hydrogens is 316 g/mol. The zero-order valence-electron chi connectivity index (χ0n) is 15.4. The summed E-state index contributed by atoms with van der Waals surface area (Å²) in [5, 5.41) is 0. The zero-order valence-corrected chi connectivity index (χ0v) is 15.4. The van der Waals surface area contributed by atoms with Crippen LogP contribution in [0.2, 0.25) is 0 Å². The summed E-state index contributed by atoms with van der Waals surface area (Å²) in [6.07, 6.45) is 3.76. The first-order valence-electron chi connectivity index (χ1n) is 8.64. The van der Waals surface area contributed by atoms with Gasteiger partial charge in [-0.25, -0.2) is 0 Å². The van der Waals surface area contributed by atoms with E-state index in [4.69, 9.17) is 18.9 Å². The maximum Gasteiger partial charge on any atom is 0.161 e. The molecule has 0 N–H and O–H groups in total. The molecule has 2 aromatic rings. The molecule has 0 heterocycles. The molecule has 0 aliphatic heterocycles. The predicted octanol–water partition coefficient (Wildman–Crippen LogP) is 4.65. The van der Waals surface area contributed by atoms with Crippen LogP contribution in [0.5, 0.6) is 23.0 Å². The van der Waals surface area contributed by atoms with E-state index in [0.29, 0.717) is 5.92 Å². The number of rotatable bonds is 8. The van der Waals surface area contributed by atoms with Gasteiger partial charge in [0.2, 0.25) is 0 Å². The highest BCUT2D eigenvalue weighted by Gasteiger charge is 2.28. The second-order valence-corrected chi connectivity index (χ2v) is 6.46. The molecule has 0 aromatic heterocycles. The van der Waals surface area contributed by atoms with Crippen LogP contribution >= 0.6 is 0 Å². The Balaban J connectivity index is 2.00. The molecule has 3 rings (SSSR count). The highest BCUT2D eigenvalue weighted by atomic mass is 16.5. The normalized spacial score (nSPS) is 13.6. The molecule has 1 saturated carbocycles. The van der Waals surface area contributed by atoms with Gasteiger partial charge in [0.1, 0.15) is 0 Å². The van der Waals surface area contributed by atoms with Gasteiger partial charge >= 0.3 is 0 Å². The van der Waals surface area contributed by atoms with Gasteiger partial charge in [-0.2, -0.15) is 0 Å². The summed E-state index contributed by atoms with van der Waals surface area (Å²) in [5.74, 6) is 4.13. The van der Waals surface area contributed by atoms with E-state index in [1.54, 1.807) is 28.4 Å². The van der Waals surface area contributed by atoms with Gasteiger partial charge in [0, 0.05) is 5.92 Å². The van der Waals surface area contributed by atoms with Gasteiger partial charge in [0.25, 0.3) is 0 Å². The van der Waals surface area contributed by atoms with Crippen molar-refractivity contribution in [1.29, 1.82) is 0 Å². The summed E-state index contributed by atoms with van der Waals surface area (Å²) in [6, 6.07) is 12.4. The number of hydrogen-bond acceptors (Lipinski definition) is 4. The summed E-state index contributed by atoms with van der Waals surface area (Å²) in [4.78, 5) is 0. The Morgan fingerprint density at radius 1 is 0.720 bits per heavy atom. The second-order valence-electron chi connectivity index (χ2n) is 6.46. The molecule has 25 heavy (non-hydrogen) atoms. The predicted molar refractivity (Wildman–Crippen MR) is 98.3 cm³/mol. The van der Waals surface area contributed by atoms with Gasteiger partial charge in [-0.05, 0) is 47.7 Å². The van der Waals surface area contributed by atoms with E-state index in [-0.39, 0.29) is 0 Å². The van der Waals surface area contributed by atoms with E-state index in [2.05, 4.69) is 24.3 Å². The van der Waals surface area contributed by atoms with Gasteiger partial charge < -0.3 is 18.9 Å². The van der Waals surface area contributed by atoms with Crippen molar-refractivity contribution in [3.05, 3.63) is 47.5 Å². The van der Waals surface area contributed by atoms with E-state index in [1.807, 2.05) is 12.1 Å². The van der Waals surface area contributed by atoms with Crippen molar-refractivity contribution in [2.45, 2.75) is 25.2 Å². The zero-order chi connectivity index (χ0) is 17.8. The fourth-order valence-electron chi connectivity index (χ4n) is 3.29. The Morgan fingerprint density at radius 2 is 1.16 bits per heavy atom. The molecule has 134 valence electrons. The largest absolute Gasteiger partial charge is 0.493 e. The summed E-state index contributed by atoms with van der Waals surface area (Å²) < 4.78 is 21.7. The van der Waals surface area contributed by atoms with Crippen LogP contribution in [0.3, 0.4) is 0 Å². The molecule has 0 amide bonds. The van der Waals surface area contributed by atoms with Gasteiger partial charge in [-0.15, -0.1) is 0 Å². The first kappa shape index (κ1) is 17.5. The van der Waals surface area contributed by atoms with Crippen LogP contribution in [-0.4, -0.2) is 28.4 Å². The molecule has 0 saturated heterocycles. The Morgan fingerprint density at radius 3 is 1.52 bits per heavy atom. The van der Waals surface area contributed by atoms with Crippen LogP contribution in [0.1, 0.15) is 36.3 Å². The van der Waals surface area contributed by atoms with E-state index in [1.165, 1.54) is 24.0 Å². The molecule has 1 fully saturated rings. The molecule has 1 aliphatic rings. The van der Waals surface area contributed by atoms with Crippen molar-refractivity contribution < 1.29 is 18.9 Å². The topological polar surface area (TPSA) is 36.9 Å². The molecule has 0 unspecified atom stereocenters. The first-order chi connectivity index (χ1) is 12.2. The van der Waals surface area contributed by atoms with E-state index in [0.717, 1.165) is 35.3 Å². The third-order valence-corrected chi connectivity index (χ3v) is 4.89. The molecule has 0 radical (unpaired) electrons. The van der Waals surface area contributed by atoms with Gasteiger partial charge in [0.05, 0.1) is 28.4 Å². The average molecular weight is 342 g/mol. The van der Waals surface area contributed by atoms with Crippen molar-refractivity contribution in [3.63, 3.8) is 0 Å². The van der Waals surface area contributed by atoms with Gasteiger partial charge in [0.15, 0.2) is 23.0 Å². The molecular formula is C21H26O4. The monoisotopic (exact) mass is 342 g/mol. The first-order valence-corrected chi connectivity index (χ1v) is 8.64. The minimum atomic E-state index is 0.298. The molecule has 1 aliphatic carbocycles. The maximum atomic E-state index is 5.50. The second kappa shape index (κ2) is 7.68. The molecule has 4 heteroatoms.